The van der Waals surface area contributed by atoms with E-state index in [9.17, 15) is 18.3 Å². The van der Waals surface area contributed by atoms with E-state index in [4.69, 9.17) is 9.72 Å². The van der Waals surface area contributed by atoms with Gasteiger partial charge in [0.15, 0.2) is 0 Å². The Labute approximate surface area is 186 Å². The standard InChI is InChI=1S/C25H30F3NO3/c26-25(27,28)32-21-17-20(30)10-9-19(21)7-1-3-11-23(22-8-2-6-15-29-22)14-16-31-24(18-23)12-4-5-13-24/h2,6,8-10,15,17,30H,1,3-5,7,11-14,16,18H2. The molecule has 2 aromatic rings. The molecule has 7 heteroatoms. The molecule has 2 aliphatic rings. The minimum Gasteiger partial charge on any atom is -0.508 e. The number of alkyl halides is 3. The molecular weight excluding hydrogens is 419 g/mol. The van der Waals surface area contributed by atoms with E-state index in [0.29, 0.717) is 12.0 Å². The molecule has 1 atom stereocenters. The molecule has 4 rings (SSSR count). The van der Waals surface area contributed by atoms with Crippen LogP contribution in [0.5, 0.6) is 11.5 Å². The van der Waals surface area contributed by atoms with Crippen LogP contribution in [0.4, 0.5) is 13.2 Å². The SMILES string of the molecule is Oc1ccc(CCCCC2(c3ccccn3)CCOC3(CCCC3)C2)c(OC(F)(F)F)c1. The molecule has 2 fully saturated rings. The van der Waals surface area contributed by atoms with E-state index in [1.165, 1.54) is 25.0 Å². The van der Waals surface area contributed by atoms with Crippen LogP contribution >= 0.6 is 0 Å². The molecule has 1 N–H and O–H groups in total. The lowest BCUT2D eigenvalue weighted by Gasteiger charge is -2.46. The summed E-state index contributed by atoms with van der Waals surface area (Å²) in [5.74, 6) is -0.570. The molecule has 0 amide bonds. The zero-order valence-corrected chi connectivity index (χ0v) is 18.2. The minimum atomic E-state index is -4.79. The molecule has 1 saturated carbocycles. The summed E-state index contributed by atoms with van der Waals surface area (Å²) >= 11 is 0. The smallest absolute Gasteiger partial charge is 0.508 e. The molecule has 174 valence electrons. The number of hydrogen-bond acceptors (Lipinski definition) is 4. The normalized spacial score (nSPS) is 22.8. The van der Waals surface area contributed by atoms with Gasteiger partial charge in [-0.3, -0.25) is 4.98 Å². The maximum atomic E-state index is 12.7. The number of aromatic hydroxyl groups is 1. The Morgan fingerprint density at radius 1 is 1.06 bits per heavy atom. The molecule has 2 heterocycles. The Hall–Kier alpha value is -2.28. The van der Waals surface area contributed by atoms with E-state index in [1.54, 1.807) is 0 Å². The number of halogens is 3. The van der Waals surface area contributed by atoms with Crippen molar-refractivity contribution >= 4 is 0 Å². The number of phenolic OH excluding ortho intramolecular Hbond substituents is 1. The van der Waals surface area contributed by atoms with E-state index < -0.39 is 6.36 Å². The highest BCUT2D eigenvalue weighted by atomic mass is 19.4. The lowest BCUT2D eigenvalue weighted by Crippen LogP contribution is -2.46. The number of hydrogen-bond donors (Lipinski definition) is 1. The summed E-state index contributed by atoms with van der Waals surface area (Å²) in [5.41, 5.74) is 1.43. The van der Waals surface area contributed by atoms with Gasteiger partial charge in [0.25, 0.3) is 0 Å². The average molecular weight is 450 g/mol. The van der Waals surface area contributed by atoms with Crippen LogP contribution in [0.2, 0.25) is 0 Å². The summed E-state index contributed by atoms with van der Waals surface area (Å²) in [5, 5.41) is 9.57. The van der Waals surface area contributed by atoms with Crippen molar-refractivity contribution in [1.82, 2.24) is 4.98 Å². The number of unbranched alkanes of at least 4 members (excludes halogenated alkanes) is 1. The summed E-state index contributed by atoms with van der Waals surface area (Å²) < 4.78 is 48.6. The van der Waals surface area contributed by atoms with Crippen molar-refractivity contribution in [2.24, 2.45) is 0 Å². The third-order valence-electron chi connectivity index (χ3n) is 7.00. The third kappa shape index (κ3) is 5.37. The minimum absolute atomic E-state index is 0.0551. The number of nitrogens with zero attached hydrogens (tertiary/aromatic N) is 1. The Balaban J connectivity index is 1.45. The first kappa shape index (κ1) is 22.9. The van der Waals surface area contributed by atoms with Crippen LogP contribution in [-0.4, -0.2) is 28.7 Å². The maximum Gasteiger partial charge on any atom is 0.573 e. The molecule has 32 heavy (non-hydrogen) atoms. The van der Waals surface area contributed by atoms with Crippen molar-refractivity contribution in [2.75, 3.05) is 6.61 Å². The summed E-state index contributed by atoms with van der Waals surface area (Å²) in [6.07, 6.45) is 6.44. The summed E-state index contributed by atoms with van der Waals surface area (Å²) in [7, 11) is 0. The van der Waals surface area contributed by atoms with Crippen LogP contribution < -0.4 is 4.74 Å². The van der Waals surface area contributed by atoms with Crippen molar-refractivity contribution in [3.63, 3.8) is 0 Å². The topological polar surface area (TPSA) is 51.6 Å². The highest BCUT2D eigenvalue weighted by Gasteiger charge is 2.48. The van der Waals surface area contributed by atoms with Gasteiger partial charge < -0.3 is 14.6 Å². The number of pyridine rings is 1. The Kier molecular flexibility index (Phi) is 6.65. The van der Waals surface area contributed by atoms with Gasteiger partial charge in [0.05, 0.1) is 5.60 Å². The van der Waals surface area contributed by atoms with Crippen LogP contribution in [0.3, 0.4) is 0 Å². The van der Waals surface area contributed by atoms with Crippen LogP contribution in [0.25, 0.3) is 0 Å². The molecule has 1 aliphatic carbocycles. The first-order valence-corrected chi connectivity index (χ1v) is 11.4. The van der Waals surface area contributed by atoms with Gasteiger partial charge >= 0.3 is 6.36 Å². The van der Waals surface area contributed by atoms with Crippen molar-refractivity contribution in [3.8, 4) is 11.5 Å². The Bertz CT molecular complexity index is 897. The van der Waals surface area contributed by atoms with E-state index in [2.05, 4.69) is 10.8 Å². The summed E-state index contributed by atoms with van der Waals surface area (Å²) in [6.45, 7) is 0.720. The number of aromatic nitrogens is 1. The van der Waals surface area contributed by atoms with Gasteiger partial charge in [0.1, 0.15) is 11.5 Å². The van der Waals surface area contributed by atoms with Crippen molar-refractivity contribution in [3.05, 3.63) is 53.9 Å². The van der Waals surface area contributed by atoms with Gasteiger partial charge in [0.2, 0.25) is 0 Å². The summed E-state index contributed by atoms with van der Waals surface area (Å²) in [6, 6.07) is 9.99. The van der Waals surface area contributed by atoms with Crippen LogP contribution in [0, 0.1) is 0 Å². The molecule has 1 aromatic heterocycles. The number of ether oxygens (including phenoxy) is 2. The molecule has 1 saturated heterocycles. The molecule has 1 unspecified atom stereocenters. The second kappa shape index (κ2) is 9.30. The molecule has 1 aliphatic heterocycles. The second-order valence-electron chi connectivity index (χ2n) is 9.21. The fourth-order valence-electron chi connectivity index (χ4n) is 5.54. The van der Waals surface area contributed by atoms with Crippen LogP contribution in [0.15, 0.2) is 42.6 Å². The largest absolute Gasteiger partial charge is 0.573 e. The second-order valence-corrected chi connectivity index (χ2v) is 9.21. The lowest BCUT2D eigenvalue weighted by molar-refractivity contribution is -0.274. The van der Waals surface area contributed by atoms with Crippen LogP contribution in [-0.2, 0) is 16.6 Å². The van der Waals surface area contributed by atoms with Gasteiger partial charge in [-0.15, -0.1) is 13.2 Å². The third-order valence-corrected chi connectivity index (χ3v) is 7.00. The van der Waals surface area contributed by atoms with E-state index >= 15 is 0 Å². The first-order chi connectivity index (χ1) is 15.3. The fraction of sp³-hybridized carbons (Fsp3) is 0.560. The monoisotopic (exact) mass is 449 g/mol. The van der Waals surface area contributed by atoms with E-state index in [-0.39, 0.29) is 22.5 Å². The average Bonchev–Trinajstić information content (AvgIpc) is 3.19. The molecule has 0 bridgehead atoms. The fourth-order valence-corrected chi connectivity index (χ4v) is 5.54. The number of benzene rings is 1. The highest BCUT2D eigenvalue weighted by molar-refractivity contribution is 5.40. The zero-order valence-electron chi connectivity index (χ0n) is 18.2. The van der Waals surface area contributed by atoms with Crippen molar-refractivity contribution < 1.29 is 27.8 Å². The molecule has 0 radical (unpaired) electrons. The molecular formula is C25H30F3NO3. The van der Waals surface area contributed by atoms with Crippen LogP contribution in [0.1, 0.15) is 69.0 Å². The van der Waals surface area contributed by atoms with E-state index in [0.717, 1.165) is 63.3 Å². The summed E-state index contributed by atoms with van der Waals surface area (Å²) in [4.78, 5) is 4.70. The van der Waals surface area contributed by atoms with Gasteiger partial charge in [-0.25, -0.2) is 0 Å². The number of phenols is 1. The predicted molar refractivity (Wildman–Crippen MR) is 115 cm³/mol. The van der Waals surface area contributed by atoms with Gasteiger partial charge in [-0.1, -0.05) is 31.4 Å². The van der Waals surface area contributed by atoms with Gasteiger partial charge in [0, 0.05) is 30.0 Å². The van der Waals surface area contributed by atoms with Crippen molar-refractivity contribution in [2.45, 2.75) is 81.6 Å². The predicted octanol–water partition coefficient (Wildman–Crippen LogP) is 6.46. The van der Waals surface area contributed by atoms with Crippen molar-refractivity contribution in [1.29, 1.82) is 0 Å². The number of rotatable bonds is 7. The zero-order chi connectivity index (χ0) is 22.7. The molecule has 1 spiro atoms. The Morgan fingerprint density at radius 3 is 2.59 bits per heavy atom. The first-order valence-electron chi connectivity index (χ1n) is 11.4. The highest BCUT2D eigenvalue weighted by Crippen LogP contribution is 2.50. The van der Waals surface area contributed by atoms with Gasteiger partial charge in [-0.05, 0) is 68.7 Å². The maximum absolute atomic E-state index is 12.7. The lowest BCUT2D eigenvalue weighted by atomic mass is 9.67. The van der Waals surface area contributed by atoms with E-state index in [1.807, 2.05) is 18.3 Å². The Morgan fingerprint density at radius 2 is 1.88 bits per heavy atom. The quantitative estimate of drug-likeness (QED) is 0.493. The number of aryl methyl sites for hydroxylation is 1. The molecule has 4 nitrogen and oxygen atoms in total. The molecule has 1 aromatic carbocycles. The van der Waals surface area contributed by atoms with Gasteiger partial charge in [-0.2, -0.15) is 0 Å².